The van der Waals surface area contributed by atoms with E-state index < -0.39 is 5.91 Å². The highest BCUT2D eigenvalue weighted by atomic mass is 32.1. The van der Waals surface area contributed by atoms with E-state index in [9.17, 15) is 9.59 Å². The molecule has 0 aliphatic heterocycles. The lowest BCUT2D eigenvalue weighted by atomic mass is 10.1. The number of thiazole rings is 1. The van der Waals surface area contributed by atoms with Gasteiger partial charge in [0.1, 0.15) is 17.3 Å². The standard InChI is InChI=1S/C21H18N4O3S/c1-12-4-3-5-16-19(12)24-21(29-16)25-20(27)15-11-18(26)23-17(22-15)10-13-6-8-14(28-2)9-7-13/h3-9,11H,10H2,1-2H3,(H,22,23,26)(H,24,25,27). The second-order valence-corrected chi connectivity index (χ2v) is 7.53. The van der Waals surface area contributed by atoms with E-state index in [0.717, 1.165) is 27.1 Å². The van der Waals surface area contributed by atoms with Gasteiger partial charge in [0.15, 0.2) is 5.13 Å². The lowest BCUT2D eigenvalue weighted by Crippen LogP contribution is -2.20. The molecule has 0 spiro atoms. The van der Waals surface area contributed by atoms with Gasteiger partial charge in [-0.05, 0) is 36.2 Å². The minimum Gasteiger partial charge on any atom is -0.497 e. The van der Waals surface area contributed by atoms with Crippen molar-refractivity contribution < 1.29 is 9.53 Å². The summed E-state index contributed by atoms with van der Waals surface area (Å²) in [7, 11) is 1.60. The summed E-state index contributed by atoms with van der Waals surface area (Å²) in [6.07, 6.45) is 0.390. The molecule has 146 valence electrons. The van der Waals surface area contributed by atoms with Crippen LogP contribution in [-0.2, 0) is 6.42 Å². The largest absolute Gasteiger partial charge is 0.497 e. The predicted octanol–water partition coefficient (Wildman–Crippen LogP) is 3.54. The van der Waals surface area contributed by atoms with Gasteiger partial charge in [-0.25, -0.2) is 9.97 Å². The number of nitrogens with one attached hydrogen (secondary N) is 2. The molecule has 2 N–H and O–H groups in total. The number of H-pyrrole nitrogens is 1. The number of hydrogen-bond acceptors (Lipinski definition) is 6. The second kappa shape index (κ2) is 7.84. The monoisotopic (exact) mass is 406 g/mol. The number of fused-ring (bicyclic) bond motifs is 1. The zero-order chi connectivity index (χ0) is 20.4. The topological polar surface area (TPSA) is 97.0 Å². The first kappa shape index (κ1) is 18.8. The second-order valence-electron chi connectivity index (χ2n) is 6.50. The van der Waals surface area contributed by atoms with Crippen molar-refractivity contribution in [2.45, 2.75) is 13.3 Å². The van der Waals surface area contributed by atoms with E-state index in [1.807, 2.05) is 49.4 Å². The van der Waals surface area contributed by atoms with Crippen molar-refractivity contribution in [3.63, 3.8) is 0 Å². The van der Waals surface area contributed by atoms with E-state index in [-0.39, 0.29) is 11.3 Å². The van der Waals surface area contributed by atoms with Gasteiger partial charge in [-0.3, -0.25) is 14.9 Å². The molecule has 0 saturated carbocycles. The van der Waals surface area contributed by atoms with E-state index in [4.69, 9.17) is 4.74 Å². The molecule has 8 heteroatoms. The molecule has 2 aromatic carbocycles. The molecule has 2 heterocycles. The van der Waals surface area contributed by atoms with Crippen LogP contribution < -0.4 is 15.6 Å². The first-order valence-electron chi connectivity index (χ1n) is 8.92. The molecule has 0 bridgehead atoms. The van der Waals surface area contributed by atoms with Crippen molar-refractivity contribution in [3.05, 3.63) is 81.5 Å². The Labute approximate surface area is 170 Å². The molecule has 0 radical (unpaired) electrons. The molecule has 0 fully saturated rings. The van der Waals surface area contributed by atoms with Gasteiger partial charge in [-0.1, -0.05) is 35.6 Å². The van der Waals surface area contributed by atoms with E-state index in [0.29, 0.717) is 17.4 Å². The number of para-hydroxylation sites is 1. The molecular formula is C21H18N4O3S. The van der Waals surface area contributed by atoms with Gasteiger partial charge in [0.05, 0.1) is 17.3 Å². The maximum Gasteiger partial charge on any atom is 0.276 e. The first-order chi connectivity index (χ1) is 14.0. The number of nitrogens with zero attached hydrogens (tertiary/aromatic N) is 2. The van der Waals surface area contributed by atoms with E-state index in [1.165, 1.54) is 17.4 Å². The van der Waals surface area contributed by atoms with E-state index >= 15 is 0 Å². The summed E-state index contributed by atoms with van der Waals surface area (Å²) in [6.45, 7) is 1.97. The highest BCUT2D eigenvalue weighted by molar-refractivity contribution is 7.22. The minimum absolute atomic E-state index is 0.0493. The Hall–Kier alpha value is -3.52. The molecule has 0 aliphatic rings. The molecule has 1 amide bonds. The van der Waals surface area contributed by atoms with Crippen LogP contribution >= 0.6 is 11.3 Å². The van der Waals surface area contributed by atoms with Crippen LogP contribution in [0.5, 0.6) is 5.75 Å². The number of methoxy groups -OCH3 is 1. The van der Waals surface area contributed by atoms with Crippen molar-refractivity contribution in [3.8, 4) is 5.75 Å². The smallest absolute Gasteiger partial charge is 0.276 e. The summed E-state index contributed by atoms with van der Waals surface area (Å²) in [4.78, 5) is 36.1. The average molecular weight is 406 g/mol. The van der Waals surface area contributed by atoms with Crippen LogP contribution in [0.4, 0.5) is 5.13 Å². The van der Waals surface area contributed by atoms with Crippen LogP contribution in [-0.4, -0.2) is 28.0 Å². The summed E-state index contributed by atoms with van der Waals surface area (Å²) >= 11 is 1.38. The number of ether oxygens (including phenoxy) is 1. The van der Waals surface area contributed by atoms with Crippen molar-refractivity contribution in [1.82, 2.24) is 15.0 Å². The lowest BCUT2D eigenvalue weighted by Gasteiger charge is -2.05. The number of aromatic nitrogens is 3. The number of carbonyl (C=O) groups excluding carboxylic acids is 1. The van der Waals surface area contributed by atoms with Crippen LogP contribution in [0.2, 0.25) is 0 Å². The summed E-state index contributed by atoms with van der Waals surface area (Å²) in [5.74, 6) is 0.686. The molecule has 4 rings (SSSR count). The normalized spacial score (nSPS) is 10.8. The predicted molar refractivity (Wildman–Crippen MR) is 113 cm³/mol. The van der Waals surface area contributed by atoms with Crippen molar-refractivity contribution in [2.75, 3.05) is 12.4 Å². The van der Waals surface area contributed by atoms with Crippen molar-refractivity contribution >= 4 is 32.6 Å². The van der Waals surface area contributed by atoms with Crippen molar-refractivity contribution in [2.24, 2.45) is 0 Å². The molecule has 7 nitrogen and oxygen atoms in total. The zero-order valence-corrected chi connectivity index (χ0v) is 16.7. The number of carbonyl (C=O) groups is 1. The molecule has 0 unspecified atom stereocenters. The first-order valence-corrected chi connectivity index (χ1v) is 9.74. The Morgan fingerprint density at radius 2 is 1.97 bits per heavy atom. The summed E-state index contributed by atoms with van der Waals surface area (Å²) in [5.41, 5.74) is 2.50. The number of amides is 1. The minimum atomic E-state index is -0.469. The summed E-state index contributed by atoms with van der Waals surface area (Å²) in [6, 6.07) is 14.5. The Bertz CT molecular complexity index is 1250. The molecule has 4 aromatic rings. The fourth-order valence-corrected chi connectivity index (χ4v) is 3.88. The SMILES string of the molecule is COc1ccc(Cc2nc(C(=O)Nc3nc4c(C)cccc4s3)cc(=O)[nH]2)cc1. The van der Waals surface area contributed by atoms with Crippen LogP contribution in [0.25, 0.3) is 10.2 Å². The highest BCUT2D eigenvalue weighted by Gasteiger charge is 2.14. The number of benzene rings is 2. The Balaban J connectivity index is 1.56. The number of aromatic amines is 1. The molecular weight excluding hydrogens is 388 g/mol. The molecule has 0 aliphatic carbocycles. The molecule has 0 atom stereocenters. The molecule has 2 aromatic heterocycles. The van der Waals surface area contributed by atoms with Gasteiger partial charge < -0.3 is 9.72 Å². The maximum absolute atomic E-state index is 12.6. The van der Waals surface area contributed by atoms with Gasteiger partial charge in [-0.15, -0.1) is 0 Å². The lowest BCUT2D eigenvalue weighted by molar-refractivity contribution is 0.102. The number of hydrogen-bond donors (Lipinski definition) is 2. The third-order valence-corrected chi connectivity index (χ3v) is 5.33. The number of aryl methyl sites for hydroxylation is 1. The Morgan fingerprint density at radius 1 is 1.17 bits per heavy atom. The average Bonchev–Trinajstić information content (AvgIpc) is 3.12. The van der Waals surface area contributed by atoms with Gasteiger partial charge >= 0.3 is 0 Å². The summed E-state index contributed by atoms with van der Waals surface area (Å²) < 4.78 is 6.13. The van der Waals surface area contributed by atoms with Crippen LogP contribution in [0.15, 0.2) is 53.3 Å². The summed E-state index contributed by atoms with van der Waals surface area (Å²) in [5, 5.41) is 3.22. The van der Waals surface area contributed by atoms with Crippen LogP contribution in [0.3, 0.4) is 0 Å². The van der Waals surface area contributed by atoms with Crippen molar-refractivity contribution in [1.29, 1.82) is 0 Å². The van der Waals surface area contributed by atoms with Gasteiger partial charge in [-0.2, -0.15) is 0 Å². The molecule has 0 saturated heterocycles. The van der Waals surface area contributed by atoms with Gasteiger partial charge in [0, 0.05) is 12.5 Å². The zero-order valence-electron chi connectivity index (χ0n) is 15.9. The van der Waals surface area contributed by atoms with Gasteiger partial charge in [0.25, 0.3) is 11.5 Å². The fourth-order valence-electron chi connectivity index (χ4n) is 2.95. The Morgan fingerprint density at radius 3 is 2.69 bits per heavy atom. The molecule has 29 heavy (non-hydrogen) atoms. The third kappa shape index (κ3) is 4.17. The van der Waals surface area contributed by atoms with E-state index in [2.05, 4.69) is 20.3 Å². The third-order valence-electron chi connectivity index (χ3n) is 4.40. The number of anilines is 1. The maximum atomic E-state index is 12.6. The van der Waals surface area contributed by atoms with Crippen LogP contribution in [0, 0.1) is 6.92 Å². The van der Waals surface area contributed by atoms with Gasteiger partial charge in [0.2, 0.25) is 0 Å². The van der Waals surface area contributed by atoms with E-state index in [1.54, 1.807) is 7.11 Å². The highest BCUT2D eigenvalue weighted by Crippen LogP contribution is 2.28. The number of rotatable bonds is 5. The quantitative estimate of drug-likeness (QED) is 0.528. The Kier molecular flexibility index (Phi) is 5.09. The fraction of sp³-hybridized carbons (Fsp3) is 0.143. The van der Waals surface area contributed by atoms with Crippen LogP contribution in [0.1, 0.15) is 27.4 Å².